The van der Waals surface area contributed by atoms with Crippen molar-refractivity contribution in [1.29, 1.82) is 0 Å². The number of alkyl halides is 3. The molecule has 1 amide bonds. The van der Waals surface area contributed by atoms with Gasteiger partial charge in [-0.2, -0.15) is 18.3 Å². The number of carbonyl (C=O) groups is 1. The topological polar surface area (TPSA) is 77.4 Å². The first-order valence-electron chi connectivity index (χ1n) is 10.0. The first-order chi connectivity index (χ1) is 16.1. The number of methoxy groups -OCH3 is 2. The number of nitrogens with zero attached hydrogens (tertiary/aromatic N) is 2. The molecule has 2 atom stereocenters. The molecule has 34 heavy (non-hydrogen) atoms. The zero-order chi connectivity index (χ0) is 24.6. The zero-order valence-corrected chi connectivity index (χ0v) is 19.4. The Balaban J connectivity index is 1.69. The van der Waals surface area contributed by atoms with Crippen molar-refractivity contribution in [1.82, 2.24) is 9.78 Å². The third-order valence-corrected chi connectivity index (χ3v) is 6.21. The summed E-state index contributed by atoms with van der Waals surface area (Å²) in [5.41, 5.74) is 0.819. The molecule has 0 saturated carbocycles. The average molecular weight is 515 g/mol. The van der Waals surface area contributed by atoms with Crippen LogP contribution in [0.4, 0.5) is 24.7 Å². The minimum absolute atomic E-state index is 0.0501. The predicted octanol–water partition coefficient (Wildman–Crippen LogP) is 6.12. The normalized spacial score (nSPS) is 17.5. The second-order valence-electron chi connectivity index (χ2n) is 7.54. The lowest BCUT2D eigenvalue weighted by Gasteiger charge is -2.34. The number of amides is 1. The summed E-state index contributed by atoms with van der Waals surface area (Å²) in [6, 6.07) is 6.62. The van der Waals surface area contributed by atoms with E-state index in [1.807, 2.05) is 0 Å². The Morgan fingerprint density at radius 1 is 1.12 bits per heavy atom. The fourth-order valence-electron chi connectivity index (χ4n) is 3.79. The van der Waals surface area contributed by atoms with Gasteiger partial charge in [0.05, 0.1) is 36.5 Å². The average Bonchev–Trinajstić information content (AvgIpc) is 3.23. The minimum atomic E-state index is -4.59. The van der Waals surface area contributed by atoms with Crippen molar-refractivity contribution in [3.63, 3.8) is 0 Å². The van der Waals surface area contributed by atoms with Gasteiger partial charge in [0.15, 0.2) is 17.5 Å². The summed E-state index contributed by atoms with van der Waals surface area (Å²) < 4.78 is 53.1. The van der Waals surface area contributed by atoms with Crippen molar-refractivity contribution in [3.8, 4) is 11.5 Å². The minimum Gasteiger partial charge on any atom is -0.493 e. The summed E-state index contributed by atoms with van der Waals surface area (Å²) in [4.78, 5) is 12.9. The molecule has 0 fully saturated rings. The van der Waals surface area contributed by atoms with Crippen molar-refractivity contribution in [3.05, 3.63) is 63.8 Å². The highest BCUT2D eigenvalue weighted by molar-refractivity contribution is 6.42. The first kappa shape index (κ1) is 24.0. The number of hydrogen-bond donors (Lipinski definition) is 2. The van der Waals surface area contributed by atoms with Crippen molar-refractivity contribution in [2.45, 2.75) is 24.7 Å². The van der Waals surface area contributed by atoms with Gasteiger partial charge >= 0.3 is 6.18 Å². The van der Waals surface area contributed by atoms with Crippen LogP contribution in [0, 0.1) is 0 Å². The van der Waals surface area contributed by atoms with E-state index in [1.54, 1.807) is 18.2 Å². The number of fused-ring (bicyclic) bond motifs is 1. The lowest BCUT2D eigenvalue weighted by atomic mass is 9.96. The molecule has 0 saturated heterocycles. The van der Waals surface area contributed by atoms with E-state index < -0.39 is 24.2 Å². The summed E-state index contributed by atoms with van der Waals surface area (Å²) in [6.07, 6.45) is -3.82. The molecule has 7 nitrogen and oxygen atoms in total. The van der Waals surface area contributed by atoms with Gasteiger partial charge in [-0.1, -0.05) is 29.3 Å². The molecular weight excluding hydrogens is 496 g/mol. The van der Waals surface area contributed by atoms with Crippen LogP contribution in [0.25, 0.3) is 0 Å². The molecule has 1 aliphatic rings. The molecule has 4 rings (SSSR count). The quantitative estimate of drug-likeness (QED) is 0.428. The Labute approximate surface area is 202 Å². The van der Waals surface area contributed by atoms with Crippen LogP contribution < -0.4 is 20.1 Å². The molecule has 0 spiro atoms. The van der Waals surface area contributed by atoms with Crippen molar-refractivity contribution in [2.24, 2.45) is 0 Å². The van der Waals surface area contributed by atoms with E-state index in [2.05, 4.69) is 15.7 Å². The van der Waals surface area contributed by atoms with Gasteiger partial charge in [0.1, 0.15) is 11.4 Å². The number of rotatable bonds is 5. The lowest BCUT2D eigenvalue weighted by Crippen LogP contribution is -2.36. The fourth-order valence-corrected chi connectivity index (χ4v) is 4.09. The Hall–Kier alpha value is -3.11. The van der Waals surface area contributed by atoms with E-state index in [4.69, 9.17) is 32.7 Å². The molecule has 1 aliphatic heterocycles. The smallest absolute Gasteiger partial charge is 0.410 e. The third kappa shape index (κ3) is 4.60. The largest absolute Gasteiger partial charge is 0.493 e. The highest BCUT2D eigenvalue weighted by Crippen LogP contribution is 2.45. The van der Waals surface area contributed by atoms with Crippen LogP contribution in [0.3, 0.4) is 0 Å². The van der Waals surface area contributed by atoms with Gasteiger partial charge in [-0.3, -0.25) is 4.79 Å². The Morgan fingerprint density at radius 2 is 1.85 bits per heavy atom. The summed E-state index contributed by atoms with van der Waals surface area (Å²) in [6.45, 7) is 0. The van der Waals surface area contributed by atoms with Crippen LogP contribution in [0.15, 0.2) is 42.6 Å². The van der Waals surface area contributed by atoms with Crippen LogP contribution in [-0.2, 0) is 0 Å². The van der Waals surface area contributed by atoms with Crippen LogP contribution in [0.2, 0.25) is 10.0 Å². The standard InChI is InChI=1S/C22H19Cl2F3N4O3/c1-33-17-6-3-11(7-18(17)34-2)16-9-19(22(25,26)27)31-20(30-16)13(10-28-31)21(32)29-12-4-5-14(23)15(24)8-12/h3-8,10,16,19,30H,9H2,1-2H3,(H,29,32). The van der Waals surface area contributed by atoms with Gasteiger partial charge in [0.25, 0.3) is 5.91 Å². The SMILES string of the molecule is COc1ccc(C2CC(C(F)(F)F)n3ncc(C(=O)Nc4ccc(Cl)c(Cl)c4)c3N2)cc1OC. The summed E-state index contributed by atoms with van der Waals surface area (Å²) >= 11 is 11.9. The van der Waals surface area contributed by atoms with Gasteiger partial charge in [-0.15, -0.1) is 0 Å². The van der Waals surface area contributed by atoms with E-state index >= 15 is 0 Å². The molecule has 2 heterocycles. The first-order valence-corrected chi connectivity index (χ1v) is 10.8. The number of anilines is 2. The fraction of sp³-hybridized carbons (Fsp3) is 0.273. The van der Waals surface area contributed by atoms with E-state index in [0.717, 1.165) is 10.9 Å². The van der Waals surface area contributed by atoms with E-state index in [0.29, 0.717) is 27.8 Å². The molecule has 0 radical (unpaired) electrons. The summed E-state index contributed by atoms with van der Waals surface area (Å²) in [7, 11) is 2.91. The van der Waals surface area contributed by atoms with Crippen molar-refractivity contribution >= 4 is 40.6 Å². The highest BCUT2D eigenvalue weighted by Gasteiger charge is 2.47. The molecule has 2 unspecified atom stereocenters. The third-order valence-electron chi connectivity index (χ3n) is 5.47. The van der Waals surface area contributed by atoms with Gasteiger partial charge in [0, 0.05) is 12.1 Å². The van der Waals surface area contributed by atoms with Crippen LogP contribution in [0.1, 0.15) is 34.4 Å². The number of aromatic nitrogens is 2. The second kappa shape index (κ2) is 9.27. The molecule has 0 bridgehead atoms. The van der Waals surface area contributed by atoms with Gasteiger partial charge in [-0.25, -0.2) is 4.68 Å². The molecule has 1 aromatic heterocycles. The number of hydrogen-bond acceptors (Lipinski definition) is 5. The number of halogens is 5. The molecule has 12 heteroatoms. The van der Waals surface area contributed by atoms with E-state index in [-0.39, 0.29) is 22.8 Å². The Morgan fingerprint density at radius 3 is 2.50 bits per heavy atom. The van der Waals surface area contributed by atoms with Crippen LogP contribution in [0.5, 0.6) is 11.5 Å². The van der Waals surface area contributed by atoms with Crippen LogP contribution >= 0.6 is 23.2 Å². The molecule has 2 aromatic carbocycles. The Kier molecular flexibility index (Phi) is 6.55. The molecular formula is C22H19Cl2F3N4O3. The van der Waals surface area contributed by atoms with Crippen molar-refractivity contribution < 1.29 is 27.4 Å². The molecule has 2 N–H and O–H groups in total. The van der Waals surface area contributed by atoms with Gasteiger partial charge in [-0.05, 0) is 35.9 Å². The van der Waals surface area contributed by atoms with E-state index in [1.165, 1.54) is 32.4 Å². The summed E-state index contributed by atoms with van der Waals surface area (Å²) in [5.74, 6) is 0.120. The maximum atomic E-state index is 14.0. The molecule has 0 aliphatic carbocycles. The maximum absolute atomic E-state index is 14.0. The van der Waals surface area contributed by atoms with Crippen LogP contribution in [-0.4, -0.2) is 36.1 Å². The monoisotopic (exact) mass is 514 g/mol. The predicted molar refractivity (Wildman–Crippen MR) is 122 cm³/mol. The number of benzene rings is 2. The number of carbonyl (C=O) groups excluding carboxylic acids is 1. The zero-order valence-electron chi connectivity index (χ0n) is 17.9. The van der Waals surface area contributed by atoms with Crippen molar-refractivity contribution in [2.75, 3.05) is 24.9 Å². The van der Waals surface area contributed by atoms with E-state index in [9.17, 15) is 18.0 Å². The molecule has 180 valence electrons. The lowest BCUT2D eigenvalue weighted by molar-refractivity contribution is -0.173. The number of nitrogens with one attached hydrogen (secondary N) is 2. The van der Waals surface area contributed by atoms with Gasteiger partial charge < -0.3 is 20.1 Å². The summed E-state index contributed by atoms with van der Waals surface area (Å²) in [5, 5.41) is 10.0. The number of ether oxygens (including phenoxy) is 2. The maximum Gasteiger partial charge on any atom is 0.410 e. The Bertz CT molecular complexity index is 1230. The second-order valence-corrected chi connectivity index (χ2v) is 8.35. The van der Waals surface area contributed by atoms with Gasteiger partial charge in [0.2, 0.25) is 0 Å². The molecule has 3 aromatic rings. The highest BCUT2D eigenvalue weighted by atomic mass is 35.5.